The molecule has 0 radical (unpaired) electrons. The number of nitrogens with one attached hydrogen (secondary N) is 1. The Bertz CT molecular complexity index is 499. The first-order valence-electron chi connectivity index (χ1n) is 4.36. The Hall–Kier alpha value is -2.60. The van der Waals surface area contributed by atoms with Crippen LogP contribution in [0, 0.1) is 33.8 Å². The second-order valence-corrected chi connectivity index (χ2v) is 2.97. The molecule has 0 fully saturated rings. The fraction of sp³-hybridized carbons (Fsp3) is 0.200. The number of nitrogens with zero attached hydrogens (tertiary/aromatic N) is 3. The highest BCUT2D eigenvalue weighted by molar-refractivity contribution is 5.51. The summed E-state index contributed by atoms with van der Waals surface area (Å²) in [4.78, 5) is 13.7. The Morgan fingerprint density at radius 2 is 2.38 bits per heavy atom. The van der Waals surface area contributed by atoms with Crippen LogP contribution in [0.5, 0.6) is 0 Å². The van der Waals surface area contributed by atoms with E-state index in [2.05, 4.69) is 16.2 Å². The van der Waals surface area contributed by atoms with E-state index in [0.717, 1.165) is 0 Å². The minimum absolute atomic E-state index is 0.237. The third kappa shape index (κ3) is 2.46. The summed E-state index contributed by atoms with van der Waals surface area (Å²) in [5, 5.41) is 22.0. The quantitative estimate of drug-likeness (QED) is 0.467. The molecule has 6 heteroatoms. The molecule has 0 aliphatic carbocycles. The van der Waals surface area contributed by atoms with E-state index in [1.165, 1.54) is 12.1 Å². The van der Waals surface area contributed by atoms with Crippen molar-refractivity contribution in [3.63, 3.8) is 0 Å². The molecule has 1 unspecified atom stereocenters. The van der Waals surface area contributed by atoms with Crippen LogP contribution in [0.2, 0.25) is 0 Å². The molecule has 0 amide bonds. The van der Waals surface area contributed by atoms with E-state index in [0.29, 0.717) is 5.82 Å². The number of rotatable bonds is 3. The summed E-state index contributed by atoms with van der Waals surface area (Å²) < 4.78 is 0. The van der Waals surface area contributed by atoms with Gasteiger partial charge in [-0.15, -0.1) is 6.42 Å². The minimum Gasteiger partial charge on any atom is -0.357 e. The average molecular weight is 216 g/mol. The van der Waals surface area contributed by atoms with Crippen molar-refractivity contribution in [2.75, 3.05) is 5.32 Å². The molecule has 1 N–H and O–H groups in total. The van der Waals surface area contributed by atoms with Gasteiger partial charge in [0, 0.05) is 6.07 Å². The molecule has 16 heavy (non-hydrogen) atoms. The number of anilines is 1. The lowest BCUT2D eigenvalue weighted by Crippen LogP contribution is -2.13. The molecule has 1 aromatic rings. The van der Waals surface area contributed by atoms with Crippen molar-refractivity contribution in [2.45, 2.75) is 13.0 Å². The Morgan fingerprint density at radius 3 is 2.88 bits per heavy atom. The lowest BCUT2D eigenvalue weighted by molar-refractivity contribution is -0.385. The summed E-state index contributed by atoms with van der Waals surface area (Å²) in [5.41, 5.74) is -0.555. The van der Waals surface area contributed by atoms with E-state index in [9.17, 15) is 10.1 Å². The van der Waals surface area contributed by atoms with Crippen molar-refractivity contribution in [3.8, 4) is 18.4 Å². The predicted molar refractivity (Wildman–Crippen MR) is 57.5 cm³/mol. The van der Waals surface area contributed by atoms with Crippen molar-refractivity contribution >= 4 is 11.5 Å². The molecule has 0 spiro atoms. The molecule has 1 heterocycles. The molecular formula is C10H8N4O2. The van der Waals surface area contributed by atoms with E-state index in [1.54, 1.807) is 13.0 Å². The number of hydrogen-bond donors (Lipinski definition) is 1. The van der Waals surface area contributed by atoms with Crippen LogP contribution >= 0.6 is 0 Å². The number of hydrogen-bond acceptors (Lipinski definition) is 5. The monoisotopic (exact) mass is 216 g/mol. The fourth-order valence-electron chi connectivity index (χ4n) is 1.03. The van der Waals surface area contributed by atoms with E-state index in [4.69, 9.17) is 11.7 Å². The molecule has 80 valence electrons. The summed E-state index contributed by atoms with van der Waals surface area (Å²) in [7, 11) is 0. The highest BCUT2D eigenvalue weighted by Gasteiger charge is 2.15. The van der Waals surface area contributed by atoms with Crippen LogP contribution in [0.1, 0.15) is 12.6 Å². The van der Waals surface area contributed by atoms with Crippen LogP contribution in [0.25, 0.3) is 0 Å². The molecule has 0 saturated heterocycles. The molecular weight excluding hydrogens is 208 g/mol. The normalized spacial score (nSPS) is 10.9. The predicted octanol–water partition coefficient (Wildman–Crippen LogP) is 1.30. The maximum Gasteiger partial charge on any atom is 0.305 e. The van der Waals surface area contributed by atoms with Gasteiger partial charge in [0.15, 0.2) is 0 Å². The van der Waals surface area contributed by atoms with Crippen LogP contribution < -0.4 is 5.32 Å². The lowest BCUT2D eigenvalue weighted by atomic mass is 10.3. The van der Waals surface area contributed by atoms with Crippen molar-refractivity contribution in [3.05, 3.63) is 27.9 Å². The molecule has 0 aromatic carbocycles. The van der Waals surface area contributed by atoms with Gasteiger partial charge in [0.05, 0.1) is 11.0 Å². The third-order valence-electron chi connectivity index (χ3n) is 1.79. The minimum atomic E-state index is -0.653. The van der Waals surface area contributed by atoms with Crippen LogP contribution in [0.15, 0.2) is 12.1 Å². The van der Waals surface area contributed by atoms with Gasteiger partial charge in [0.1, 0.15) is 11.9 Å². The number of terminal acetylenes is 1. The van der Waals surface area contributed by atoms with E-state index in [-0.39, 0.29) is 17.4 Å². The van der Waals surface area contributed by atoms with Gasteiger partial charge in [-0.05, 0) is 13.0 Å². The Labute approximate surface area is 92.1 Å². The zero-order valence-electron chi connectivity index (χ0n) is 8.47. The molecule has 1 atom stereocenters. The van der Waals surface area contributed by atoms with Gasteiger partial charge >= 0.3 is 5.69 Å². The molecule has 1 aromatic heterocycles. The lowest BCUT2D eigenvalue weighted by Gasteiger charge is -2.07. The fourth-order valence-corrected chi connectivity index (χ4v) is 1.03. The summed E-state index contributed by atoms with van der Waals surface area (Å²) in [5.74, 6) is 2.76. The van der Waals surface area contributed by atoms with Crippen LogP contribution in [-0.4, -0.2) is 15.9 Å². The standard InChI is InChI=1S/C10H8N4O2/c1-3-7(2)12-10-5-4-9(14(15)16)8(6-11)13-10/h1,4-5,7H,2H3,(H,12,13). The molecule has 0 aliphatic rings. The highest BCUT2D eigenvalue weighted by Crippen LogP contribution is 2.18. The summed E-state index contributed by atoms with van der Waals surface area (Å²) in [6.45, 7) is 1.73. The average Bonchev–Trinajstić information content (AvgIpc) is 2.28. The maximum atomic E-state index is 10.5. The smallest absolute Gasteiger partial charge is 0.305 e. The van der Waals surface area contributed by atoms with Crippen LogP contribution in [0.4, 0.5) is 11.5 Å². The second-order valence-electron chi connectivity index (χ2n) is 2.97. The molecule has 1 rings (SSSR count). The zero-order chi connectivity index (χ0) is 12.1. The van der Waals surface area contributed by atoms with Gasteiger partial charge in [-0.25, -0.2) is 4.98 Å². The van der Waals surface area contributed by atoms with Gasteiger partial charge in [0.25, 0.3) is 0 Å². The Morgan fingerprint density at radius 1 is 1.69 bits per heavy atom. The topological polar surface area (TPSA) is 91.9 Å². The number of nitriles is 1. The molecule has 6 nitrogen and oxygen atoms in total. The molecule has 0 saturated carbocycles. The highest BCUT2D eigenvalue weighted by atomic mass is 16.6. The van der Waals surface area contributed by atoms with E-state index in [1.807, 2.05) is 0 Å². The maximum absolute atomic E-state index is 10.5. The first kappa shape index (κ1) is 11.5. The van der Waals surface area contributed by atoms with Crippen molar-refractivity contribution in [1.29, 1.82) is 5.26 Å². The molecule has 0 aliphatic heterocycles. The first-order chi connectivity index (χ1) is 7.58. The van der Waals surface area contributed by atoms with Crippen molar-refractivity contribution in [1.82, 2.24) is 4.98 Å². The Balaban J connectivity index is 3.07. The summed E-state index contributed by atoms with van der Waals surface area (Å²) >= 11 is 0. The van der Waals surface area contributed by atoms with Crippen LogP contribution in [0.3, 0.4) is 0 Å². The van der Waals surface area contributed by atoms with Gasteiger partial charge in [-0.2, -0.15) is 5.26 Å². The van der Waals surface area contributed by atoms with Gasteiger partial charge in [-0.1, -0.05) is 5.92 Å². The number of pyridine rings is 1. The van der Waals surface area contributed by atoms with Gasteiger partial charge in [-0.3, -0.25) is 10.1 Å². The zero-order valence-corrected chi connectivity index (χ0v) is 8.47. The summed E-state index contributed by atoms with van der Waals surface area (Å²) in [6, 6.07) is 4.03. The number of aromatic nitrogens is 1. The number of nitro groups is 1. The van der Waals surface area contributed by atoms with E-state index < -0.39 is 4.92 Å². The first-order valence-corrected chi connectivity index (χ1v) is 4.36. The molecule has 0 bridgehead atoms. The van der Waals surface area contributed by atoms with Gasteiger partial charge < -0.3 is 5.32 Å². The Kier molecular flexibility index (Phi) is 3.41. The second kappa shape index (κ2) is 4.76. The van der Waals surface area contributed by atoms with Crippen molar-refractivity contribution < 1.29 is 4.92 Å². The van der Waals surface area contributed by atoms with E-state index >= 15 is 0 Å². The SMILES string of the molecule is C#CC(C)Nc1ccc([N+](=O)[O-])c(C#N)n1. The largest absolute Gasteiger partial charge is 0.357 e. The third-order valence-corrected chi connectivity index (χ3v) is 1.79. The summed E-state index contributed by atoms with van der Waals surface area (Å²) in [6.07, 6.45) is 5.16. The van der Waals surface area contributed by atoms with Crippen molar-refractivity contribution in [2.24, 2.45) is 0 Å². The van der Waals surface area contributed by atoms with Gasteiger partial charge in [0.2, 0.25) is 5.69 Å². The van der Waals surface area contributed by atoms with Crippen LogP contribution in [-0.2, 0) is 0 Å².